The summed E-state index contributed by atoms with van der Waals surface area (Å²) in [6, 6.07) is 20.0. The van der Waals surface area contributed by atoms with Crippen molar-refractivity contribution >= 4 is 39.4 Å². The Hall–Kier alpha value is -3.85. The number of hydrogen-bond donors (Lipinski definition) is 0. The second-order valence-electron chi connectivity index (χ2n) is 10.2. The molecule has 1 aliphatic heterocycles. The highest BCUT2D eigenvalue weighted by Crippen LogP contribution is 2.43. The minimum absolute atomic E-state index is 0.101. The standard InChI is InChI=1S/C32H35BrN2O6/c1-20-6-13-25(14-7-20)35-29(36)17-15-26(30(35)23-10-16-27(39-4)28(18-23)40-5)32(38)41-21(2)31(37)34(3)19-22-8-11-24(33)12-9-22/h6-14,16,18,21,26,30H,15,17,19H2,1-5H3. The lowest BCUT2D eigenvalue weighted by atomic mass is 9.83. The van der Waals surface area contributed by atoms with Crippen LogP contribution in [-0.4, -0.2) is 50.1 Å². The first-order valence-electron chi connectivity index (χ1n) is 13.4. The van der Waals surface area contributed by atoms with E-state index in [0.29, 0.717) is 29.3 Å². The molecular weight excluding hydrogens is 588 g/mol. The zero-order chi connectivity index (χ0) is 29.7. The van der Waals surface area contributed by atoms with Crippen LogP contribution in [-0.2, 0) is 25.7 Å². The highest BCUT2D eigenvalue weighted by atomic mass is 79.9. The summed E-state index contributed by atoms with van der Waals surface area (Å²) in [4.78, 5) is 43.5. The molecular formula is C32H35BrN2O6. The topological polar surface area (TPSA) is 85.4 Å². The number of carbonyl (C=O) groups excluding carboxylic acids is 3. The van der Waals surface area contributed by atoms with Crippen molar-refractivity contribution in [3.63, 3.8) is 0 Å². The number of piperidine rings is 1. The van der Waals surface area contributed by atoms with Crippen LogP contribution in [0.4, 0.5) is 5.69 Å². The summed E-state index contributed by atoms with van der Waals surface area (Å²) in [5, 5.41) is 0. The van der Waals surface area contributed by atoms with Crippen LogP contribution in [0, 0.1) is 12.8 Å². The molecule has 0 bridgehead atoms. The van der Waals surface area contributed by atoms with Crippen LogP contribution in [0.1, 0.15) is 42.5 Å². The SMILES string of the molecule is COc1ccc(C2C(C(=O)OC(C)C(=O)N(C)Cc3ccc(Br)cc3)CCC(=O)N2c2ccc(C)cc2)cc1OC. The van der Waals surface area contributed by atoms with Crippen molar-refractivity contribution in [1.82, 2.24) is 4.90 Å². The van der Waals surface area contributed by atoms with Gasteiger partial charge < -0.3 is 24.0 Å². The molecule has 1 fully saturated rings. The Kier molecular flexibility index (Phi) is 9.70. The summed E-state index contributed by atoms with van der Waals surface area (Å²) in [6.07, 6.45) is -0.544. The van der Waals surface area contributed by atoms with Gasteiger partial charge in [-0.1, -0.05) is 51.8 Å². The second kappa shape index (κ2) is 13.2. The predicted molar refractivity (Wildman–Crippen MR) is 160 cm³/mol. The van der Waals surface area contributed by atoms with Gasteiger partial charge in [-0.3, -0.25) is 14.4 Å². The van der Waals surface area contributed by atoms with Gasteiger partial charge in [0.2, 0.25) is 5.91 Å². The number of carbonyl (C=O) groups is 3. The van der Waals surface area contributed by atoms with Crippen molar-refractivity contribution in [2.45, 2.75) is 45.4 Å². The van der Waals surface area contributed by atoms with Gasteiger partial charge in [0, 0.05) is 30.2 Å². The number of amides is 2. The zero-order valence-corrected chi connectivity index (χ0v) is 25.5. The molecule has 41 heavy (non-hydrogen) atoms. The zero-order valence-electron chi connectivity index (χ0n) is 23.9. The molecule has 1 aliphatic rings. The maximum absolute atomic E-state index is 13.7. The lowest BCUT2D eigenvalue weighted by molar-refractivity contribution is -0.163. The Morgan fingerprint density at radius 1 is 1.00 bits per heavy atom. The van der Waals surface area contributed by atoms with Crippen LogP contribution in [0.15, 0.2) is 71.2 Å². The maximum Gasteiger partial charge on any atom is 0.312 e. The fourth-order valence-electron chi connectivity index (χ4n) is 5.13. The number of benzene rings is 3. The van der Waals surface area contributed by atoms with Crippen LogP contribution in [0.25, 0.3) is 0 Å². The van der Waals surface area contributed by atoms with E-state index in [9.17, 15) is 14.4 Å². The molecule has 2 amide bonds. The minimum Gasteiger partial charge on any atom is -0.493 e. The van der Waals surface area contributed by atoms with Gasteiger partial charge in [0.1, 0.15) is 0 Å². The third-order valence-electron chi connectivity index (χ3n) is 7.31. The van der Waals surface area contributed by atoms with Gasteiger partial charge in [-0.25, -0.2) is 0 Å². The van der Waals surface area contributed by atoms with Gasteiger partial charge in [0.15, 0.2) is 17.6 Å². The first-order chi connectivity index (χ1) is 19.6. The molecule has 3 aromatic carbocycles. The van der Waals surface area contributed by atoms with E-state index >= 15 is 0 Å². The van der Waals surface area contributed by atoms with Gasteiger partial charge in [0.05, 0.1) is 26.2 Å². The van der Waals surface area contributed by atoms with Crippen molar-refractivity contribution < 1.29 is 28.6 Å². The van der Waals surface area contributed by atoms with Gasteiger partial charge in [-0.05, 0) is 67.8 Å². The smallest absolute Gasteiger partial charge is 0.312 e. The second-order valence-corrected chi connectivity index (χ2v) is 11.1. The van der Waals surface area contributed by atoms with E-state index in [1.54, 1.807) is 38.1 Å². The number of aryl methyl sites for hydroxylation is 1. The van der Waals surface area contributed by atoms with E-state index in [2.05, 4.69) is 15.9 Å². The van der Waals surface area contributed by atoms with E-state index in [1.807, 2.05) is 61.5 Å². The summed E-state index contributed by atoms with van der Waals surface area (Å²) in [7, 11) is 4.77. The van der Waals surface area contributed by atoms with Gasteiger partial charge >= 0.3 is 5.97 Å². The van der Waals surface area contributed by atoms with Crippen molar-refractivity contribution in [3.05, 3.63) is 87.9 Å². The normalized spacial score (nSPS) is 17.5. The summed E-state index contributed by atoms with van der Waals surface area (Å²) in [5.41, 5.74) is 3.38. The molecule has 9 heteroatoms. The first-order valence-corrected chi connectivity index (χ1v) is 14.2. The van der Waals surface area contributed by atoms with Crippen LogP contribution in [0.2, 0.25) is 0 Å². The number of ether oxygens (including phenoxy) is 3. The first kappa shape index (κ1) is 30.1. The molecule has 0 N–H and O–H groups in total. The number of likely N-dealkylation sites (N-methyl/N-ethyl adjacent to an activating group) is 1. The molecule has 8 nitrogen and oxygen atoms in total. The van der Waals surface area contributed by atoms with E-state index in [-0.39, 0.29) is 24.7 Å². The molecule has 216 valence electrons. The number of rotatable bonds is 9. The number of anilines is 1. The Morgan fingerprint density at radius 3 is 2.29 bits per heavy atom. The minimum atomic E-state index is -1.00. The molecule has 1 saturated heterocycles. The summed E-state index contributed by atoms with van der Waals surface area (Å²) in [6.45, 7) is 3.93. The third kappa shape index (κ3) is 6.90. The number of halogens is 1. The summed E-state index contributed by atoms with van der Waals surface area (Å²) < 4.78 is 17.7. The summed E-state index contributed by atoms with van der Waals surface area (Å²) in [5.74, 6) is -0.641. The molecule has 3 atom stereocenters. The largest absolute Gasteiger partial charge is 0.493 e. The average molecular weight is 624 g/mol. The van der Waals surface area contributed by atoms with E-state index < -0.39 is 24.0 Å². The molecule has 0 saturated carbocycles. The molecule has 0 spiro atoms. The highest BCUT2D eigenvalue weighted by molar-refractivity contribution is 9.10. The number of hydrogen-bond acceptors (Lipinski definition) is 6. The molecule has 3 unspecified atom stereocenters. The van der Waals surface area contributed by atoms with Crippen molar-refractivity contribution in [2.24, 2.45) is 5.92 Å². The van der Waals surface area contributed by atoms with Crippen LogP contribution in [0.3, 0.4) is 0 Å². The van der Waals surface area contributed by atoms with Crippen molar-refractivity contribution in [3.8, 4) is 11.5 Å². The predicted octanol–water partition coefficient (Wildman–Crippen LogP) is 5.85. The van der Waals surface area contributed by atoms with E-state index in [1.165, 1.54) is 12.0 Å². The third-order valence-corrected chi connectivity index (χ3v) is 7.84. The Balaban J connectivity index is 1.61. The maximum atomic E-state index is 13.7. The number of nitrogens with zero attached hydrogens (tertiary/aromatic N) is 2. The van der Waals surface area contributed by atoms with Gasteiger partial charge in [0.25, 0.3) is 5.91 Å². The molecule has 0 radical (unpaired) electrons. The highest BCUT2D eigenvalue weighted by Gasteiger charge is 2.43. The fraction of sp³-hybridized carbons (Fsp3) is 0.344. The quantitative estimate of drug-likeness (QED) is 0.278. The fourth-order valence-corrected chi connectivity index (χ4v) is 5.40. The van der Waals surface area contributed by atoms with E-state index in [4.69, 9.17) is 14.2 Å². The Labute approximate surface area is 249 Å². The average Bonchev–Trinajstić information content (AvgIpc) is 2.97. The lowest BCUT2D eigenvalue weighted by Gasteiger charge is -2.41. The lowest BCUT2D eigenvalue weighted by Crippen LogP contribution is -2.47. The monoisotopic (exact) mass is 622 g/mol. The van der Waals surface area contributed by atoms with Crippen LogP contribution < -0.4 is 14.4 Å². The number of methoxy groups -OCH3 is 2. The van der Waals surface area contributed by atoms with Gasteiger partial charge in [-0.2, -0.15) is 0 Å². The van der Waals surface area contributed by atoms with Crippen molar-refractivity contribution in [1.29, 1.82) is 0 Å². The molecule has 0 aromatic heterocycles. The molecule has 1 heterocycles. The Bertz CT molecular complexity index is 1390. The van der Waals surface area contributed by atoms with Crippen molar-refractivity contribution in [2.75, 3.05) is 26.2 Å². The van der Waals surface area contributed by atoms with Crippen LogP contribution in [0.5, 0.6) is 11.5 Å². The molecule has 4 rings (SSSR count). The van der Waals surface area contributed by atoms with Gasteiger partial charge in [-0.15, -0.1) is 0 Å². The number of esters is 1. The molecule has 0 aliphatic carbocycles. The Morgan fingerprint density at radius 2 is 1.66 bits per heavy atom. The van der Waals surface area contributed by atoms with E-state index in [0.717, 1.165) is 15.6 Å². The van der Waals surface area contributed by atoms with Crippen LogP contribution >= 0.6 is 15.9 Å². The summed E-state index contributed by atoms with van der Waals surface area (Å²) >= 11 is 3.42. The molecule has 3 aromatic rings.